The van der Waals surface area contributed by atoms with Crippen LogP contribution in [0.4, 0.5) is 0 Å². The van der Waals surface area contributed by atoms with Crippen molar-refractivity contribution < 1.29 is 0 Å². The van der Waals surface area contributed by atoms with Gasteiger partial charge in [0, 0.05) is 42.4 Å². The predicted octanol–water partition coefficient (Wildman–Crippen LogP) is 12.2. The Morgan fingerprint density at radius 1 is 0.327 bits per heavy atom. The van der Waals surface area contributed by atoms with E-state index in [1.54, 1.807) is 0 Å². The molecule has 0 unspecified atom stereocenters. The van der Waals surface area contributed by atoms with Crippen molar-refractivity contribution in [2.24, 2.45) is 0 Å². The summed E-state index contributed by atoms with van der Waals surface area (Å²) in [6.07, 6.45) is 0. The van der Waals surface area contributed by atoms with E-state index in [-0.39, 0.29) is 0 Å². The van der Waals surface area contributed by atoms with Crippen LogP contribution in [-0.2, 0) is 0 Å². The first-order valence-corrected chi connectivity index (χ1v) is 17.2. The fourth-order valence-corrected chi connectivity index (χ4v) is 7.80. The van der Waals surface area contributed by atoms with Gasteiger partial charge in [0.25, 0.3) is 0 Å². The zero-order valence-corrected chi connectivity index (χ0v) is 27.3. The van der Waals surface area contributed by atoms with Crippen LogP contribution in [0.2, 0.25) is 0 Å². The Balaban J connectivity index is 1.30. The summed E-state index contributed by atoms with van der Waals surface area (Å²) >= 11 is 1.83. The first-order chi connectivity index (χ1) is 24.3. The third-order valence-electron chi connectivity index (χ3n) is 8.92. The van der Waals surface area contributed by atoms with Gasteiger partial charge in [-0.3, -0.25) is 0 Å². The Hall–Kier alpha value is -6.23. The maximum atomic E-state index is 5.21. The highest BCUT2D eigenvalue weighted by Gasteiger charge is 2.20. The number of nitrogens with zero attached hydrogens (tertiary/aromatic N) is 3. The van der Waals surface area contributed by atoms with E-state index in [1.807, 2.05) is 35.6 Å². The minimum Gasteiger partial charge on any atom is -0.208 e. The molecule has 0 amide bonds. The molecule has 4 heteroatoms. The van der Waals surface area contributed by atoms with Gasteiger partial charge in [0.1, 0.15) is 0 Å². The summed E-state index contributed by atoms with van der Waals surface area (Å²) in [4.78, 5) is 15.4. The lowest BCUT2D eigenvalue weighted by molar-refractivity contribution is 1.08. The second-order valence-corrected chi connectivity index (χ2v) is 13.1. The molecule has 0 radical (unpaired) electrons. The van der Waals surface area contributed by atoms with Crippen molar-refractivity contribution in [1.82, 2.24) is 15.0 Å². The van der Waals surface area contributed by atoms with Crippen LogP contribution in [0.25, 0.3) is 87.7 Å². The van der Waals surface area contributed by atoms with Gasteiger partial charge in [-0.15, -0.1) is 11.3 Å². The van der Waals surface area contributed by atoms with Gasteiger partial charge in [0.15, 0.2) is 17.5 Å². The summed E-state index contributed by atoms with van der Waals surface area (Å²) in [5.74, 6) is 1.95. The standard InChI is InChI=1S/C45H29N3S/c1-5-15-30(16-6-1)34-23-13-24-35(27-34)44-46-43(33-21-11-4-12-22-33)47-45(48-44)37-25-14-26-40-41(37)39-29-36(31-17-7-2-8-18-31)28-38(42(39)49-40)32-19-9-3-10-20-32/h1-29H. The lowest BCUT2D eigenvalue weighted by Gasteiger charge is -2.11. The normalized spacial score (nSPS) is 11.3. The van der Waals surface area contributed by atoms with Crippen LogP contribution in [0.5, 0.6) is 0 Å². The molecular weight excluding hydrogens is 615 g/mol. The molecule has 9 aromatic rings. The van der Waals surface area contributed by atoms with Crippen LogP contribution in [0, 0.1) is 0 Å². The van der Waals surface area contributed by atoms with Crippen molar-refractivity contribution in [3.05, 3.63) is 176 Å². The summed E-state index contributed by atoms with van der Waals surface area (Å²) in [5.41, 5.74) is 9.95. The van der Waals surface area contributed by atoms with Crippen LogP contribution in [0.3, 0.4) is 0 Å². The minimum atomic E-state index is 0.646. The SMILES string of the molecule is c1ccc(-c2cccc(-c3nc(-c4ccccc4)nc(-c4cccc5sc6c(-c7ccccc7)cc(-c7ccccc7)cc6c45)n3)c2)cc1. The van der Waals surface area contributed by atoms with E-state index in [0.717, 1.165) is 33.2 Å². The van der Waals surface area contributed by atoms with Gasteiger partial charge in [0.2, 0.25) is 0 Å². The first-order valence-electron chi connectivity index (χ1n) is 16.4. The van der Waals surface area contributed by atoms with Crippen molar-refractivity contribution in [2.45, 2.75) is 0 Å². The molecule has 0 aliphatic carbocycles. The highest BCUT2D eigenvalue weighted by atomic mass is 32.1. The lowest BCUT2D eigenvalue weighted by atomic mass is 9.95. The highest BCUT2D eigenvalue weighted by Crippen LogP contribution is 2.45. The summed E-state index contributed by atoms with van der Waals surface area (Å²) in [5, 5.41) is 2.36. The number of hydrogen-bond donors (Lipinski definition) is 0. The maximum absolute atomic E-state index is 5.21. The van der Waals surface area contributed by atoms with E-state index in [9.17, 15) is 0 Å². The van der Waals surface area contributed by atoms with Gasteiger partial charge in [-0.1, -0.05) is 152 Å². The van der Waals surface area contributed by atoms with Gasteiger partial charge in [-0.2, -0.15) is 0 Å². The van der Waals surface area contributed by atoms with Gasteiger partial charge in [-0.25, -0.2) is 15.0 Å². The number of fused-ring (bicyclic) bond motifs is 3. The van der Waals surface area contributed by atoms with Crippen molar-refractivity contribution in [3.63, 3.8) is 0 Å². The van der Waals surface area contributed by atoms with Gasteiger partial charge < -0.3 is 0 Å². The summed E-state index contributed by atoms with van der Waals surface area (Å²) < 4.78 is 2.45. The molecule has 3 nitrogen and oxygen atoms in total. The molecule has 0 atom stereocenters. The van der Waals surface area contributed by atoms with Crippen molar-refractivity contribution in [1.29, 1.82) is 0 Å². The van der Waals surface area contributed by atoms with E-state index < -0.39 is 0 Å². The largest absolute Gasteiger partial charge is 0.208 e. The third kappa shape index (κ3) is 5.48. The van der Waals surface area contributed by atoms with E-state index in [1.165, 1.54) is 37.0 Å². The number of benzene rings is 7. The Labute approximate surface area is 288 Å². The molecule has 0 aliphatic rings. The van der Waals surface area contributed by atoms with Crippen LogP contribution in [-0.4, -0.2) is 15.0 Å². The van der Waals surface area contributed by atoms with E-state index in [4.69, 9.17) is 15.0 Å². The third-order valence-corrected chi connectivity index (χ3v) is 10.1. The Morgan fingerprint density at radius 2 is 0.837 bits per heavy atom. The molecule has 0 aliphatic heterocycles. The van der Waals surface area contributed by atoms with Crippen LogP contribution >= 0.6 is 11.3 Å². The Morgan fingerprint density at radius 3 is 1.51 bits per heavy atom. The Kier molecular flexibility index (Phi) is 7.34. The molecule has 2 aromatic heterocycles. The first kappa shape index (κ1) is 29.0. The zero-order chi connectivity index (χ0) is 32.6. The average molecular weight is 644 g/mol. The summed E-state index contributed by atoms with van der Waals surface area (Å²) in [6, 6.07) is 61.5. The monoisotopic (exact) mass is 643 g/mol. The van der Waals surface area contributed by atoms with E-state index in [0.29, 0.717) is 17.5 Å². The van der Waals surface area contributed by atoms with Gasteiger partial charge in [-0.05, 0) is 52.1 Å². The number of hydrogen-bond acceptors (Lipinski definition) is 4. The Bertz CT molecular complexity index is 2580. The molecule has 7 aromatic carbocycles. The second kappa shape index (κ2) is 12.4. The summed E-state index contributed by atoms with van der Waals surface area (Å²) in [6.45, 7) is 0. The van der Waals surface area contributed by atoms with Gasteiger partial charge >= 0.3 is 0 Å². The van der Waals surface area contributed by atoms with E-state index >= 15 is 0 Å². The molecule has 0 spiro atoms. The molecule has 0 saturated heterocycles. The lowest BCUT2D eigenvalue weighted by Crippen LogP contribution is -2.00. The van der Waals surface area contributed by atoms with Crippen LogP contribution < -0.4 is 0 Å². The number of thiophene rings is 1. The molecule has 0 N–H and O–H groups in total. The van der Waals surface area contributed by atoms with Crippen molar-refractivity contribution in [2.75, 3.05) is 0 Å². The number of aromatic nitrogens is 3. The second-order valence-electron chi connectivity index (χ2n) is 12.0. The smallest absolute Gasteiger partial charge is 0.164 e. The number of rotatable bonds is 6. The molecule has 0 bridgehead atoms. The van der Waals surface area contributed by atoms with Crippen molar-refractivity contribution >= 4 is 31.5 Å². The molecule has 2 heterocycles. The van der Waals surface area contributed by atoms with Crippen LogP contribution in [0.15, 0.2) is 176 Å². The summed E-state index contributed by atoms with van der Waals surface area (Å²) in [7, 11) is 0. The molecule has 49 heavy (non-hydrogen) atoms. The molecule has 230 valence electrons. The minimum absolute atomic E-state index is 0.646. The quantitative estimate of drug-likeness (QED) is 0.181. The molecule has 0 fully saturated rings. The van der Waals surface area contributed by atoms with Crippen molar-refractivity contribution in [3.8, 4) is 67.5 Å². The van der Waals surface area contributed by atoms with E-state index in [2.05, 4.69) is 152 Å². The molecule has 0 saturated carbocycles. The topological polar surface area (TPSA) is 38.7 Å². The van der Waals surface area contributed by atoms with Gasteiger partial charge in [0.05, 0.1) is 0 Å². The zero-order valence-electron chi connectivity index (χ0n) is 26.5. The molecular formula is C45H29N3S. The maximum Gasteiger partial charge on any atom is 0.164 e. The predicted molar refractivity (Wildman–Crippen MR) is 205 cm³/mol. The average Bonchev–Trinajstić information content (AvgIpc) is 3.58. The fraction of sp³-hybridized carbons (Fsp3) is 0. The fourth-order valence-electron chi connectivity index (χ4n) is 6.55. The highest BCUT2D eigenvalue weighted by molar-refractivity contribution is 7.26. The molecule has 9 rings (SSSR count). The van der Waals surface area contributed by atoms with Crippen LogP contribution in [0.1, 0.15) is 0 Å².